The summed E-state index contributed by atoms with van der Waals surface area (Å²) in [5.41, 5.74) is 3.40. The Hall–Kier alpha value is -3.44. The highest BCUT2D eigenvalue weighted by atomic mass is 16.3. The van der Waals surface area contributed by atoms with Crippen LogP contribution in [0.5, 0.6) is 0 Å². The smallest absolute Gasteiger partial charge is 0.251 e. The fourth-order valence-electron chi connectivity index (χ4n) is 4.02. The van der Waals surface area contributed by atoms with E-state index < -0.39 is 0 Å². The molecule has 0 radical (unpaired) electrons. The SMILES string of the molecule is C=C(CO)CCCCC[C@H](NC(=O)c1ccccc1)c1nc2c(ccc3ccccc32)[nH]1. The molecule has 0 aliphatic heterocycles. The summed E-state index contributed by atoms with van der Waals surface area (Å²) < 4.78 is 0. The zero-order valence-corrected chi connectivity index (χ0v) is 18.2. The number of benzene rings is 3. The van der Waals surface area contributed by atoms with Crippen LogP contribution >= 0.6 is 0 Å². The maximum atomic E-state index is 12.9. The number of hydrogen-bond donors (Lipinski definition) is 3. The molecular formula is C27H29N3O2. The van der Waals surface area contributed by atoms with Crippen molar-refractivity contribution in [3.05, 3.63) is 90.3 Å². The topological polar surface area (TPSA) is 78.0 Å². The van der Waals surface area contributed by atoms with E-state index in [9.17, 15) is 4.79 Å². The van der Waals surface area contributed by atoms with Gasteiger partial charge in [0.2, 0.25) is 0 Å². The lowest BCUT2D eigenvalue weighted by molar-refractivity contribution is 0.0932. The third-order valence-corrected chi connectivity index (χ3v) is 5.81. The van der Waals surface area contributed by atoms with Crippen molar-refractivity contribution in [1.82, 2.24) is 15.3 Å². The molecule has 5 nitrogen and oxygen atoms in total. The lowest BCUT2D eigenvalue weighted by atomic mass is 10.0. The molecule has 3 N–H and O–H groups in total. The van der Waals surface area contributed by atoms with Crippen molar-refractivity contribution in [2.75, 3.05) is 6.61 Å². The zero-order valence-electron chi connectivity index (χ0n) is 18.2. The summed E-state index contributed by atoms with van der Waals surface area (Å²) in [7, 11) is 0. The molecule has 3 aromatic carbocycles. The minimum absolute atomic E-state index is 0.0443. The van der Waals surface area contributed by atoms with Crippen molar-refractivity contribution in [2.24, 2.45) is 0 Å². The van der Waals surface area contributed by atoms with Crippen molar-refractivity contribution in [3.63, 3.8) is 0 Å². The van der Waals surface area contributed by atoms with E-state index in [4.69, 9.17) is 10.1 Å². The summed E-state index contributed by atoms with van der Waals surface area (Å²) in [6.07, 6.45) is 4.52. The van der Waals surface area contributed by atoms with Gasteiger partial charge in [0.1, 0.15) is 5.82 Å². The number of aromatic nitrogens is 2. The molecule has 1 atom stereocenters. The van der Waals surface area contributed by atoms with Crippen LogP contribution in [-0.2, 0) is 0 Å². The molecule has 0 saturated carbocycles. The van der Waals surface area contributed by atoms with Crippen molar-refractivity contribution in [1.29, 1.82) is 0 Å². The van der Waals surface area contributed by atoms with Crippen molar-refractivity contribution in [2.45, 2.75) is 38.1 Å². The first-order valence-electron chi connectivity index (χ1n) is 11.2. The number of aliphatic hydroxyl groups is 1. The number of amides is 1. The maximum absolute atomic E-state index is 12.9. The summed E-state index contributed by atoms with van der Waals surface area (Å²) in [4.78, 5) is 21.2. The molecule has 0 aliphatic carbocycles. The molecule has 0 spiro atoms. The Bertz CT molecular complexity index is 1210. The van der Waals surface area contributed by atoms with Gasteiger partial charge in [-0.2, -0.15) is 0 Å². The monoisotopic (exact) mass is 427 g/mol. The van der Waals surface area contributed by atoms with Gasteiger partial charge >= 0.3 is 0 Å². The minimum atomic E-state index is -0.213. The average molecular weight is 428 g/mol. The van der Waals surface area contributed by atoms with Gasteiger partial charge in [-0.25, -0.2) is 4.98 Å². The van der Waals surface area contributed by atoms with Crippen molar-refractivity contribution >= 4 is 27.7 Å². The van der Waals surface area contributed by atoms with Crippen LogP contribution in [0.4, 0.5) is 0 Å². The van der Waals surface area contributed by atoms with Crippen LogP contribution in [-0.4, -0.2) is 27.6 Å². The van der Waals surface area contributed by atoms with Crippen LogP contribution < -0.4 is 5.32 Å². The summed E-state index contributed by atoms with van der Waals surface area (Å²) in [5, 5.41) is 14.5. The lowest BCUT2D eigenvalue weighted by Crippen LogP contribution is -2.29. The highest BCUT2D eigenvalue weighted by Gasteiger charge is 2.20. The maximum Gasteiger partial charge on any atom is 0.251 e. The summed E-state index contributed by atoms with van der Waals surface area (Å²) in [6.45, 7) is 3.90. The molecule has 0 fully saturated rings. The Kier molecular flexibility index (Phi) is 6.97. The molecule has 0 saturated heterocycles. The van der Waals surface area contributed by atoms with Gasteiger partial charge in [-0.1, -0.05) is 73.5 Å². The molecule has 1 amide bonds. The number of H-pyrrole nitrogens is 1. The predicted octanol–water partition coefficient (Wildman–Crippen LogP) is 5.69. The fraction of sp³-hybridized carbons (Fsp3) is 0.259. The molecule has 32 heavy (non-hydrogen) atoms. The highest BCUT2D eigenvalue weighted by molar-refractivity contribution is 6.04. The van der Waals surface area contributed by atoms with Gasteiger partial charge in [-0.3, -0.25) is 4.79 Å². The summed E-state index contributed by atoms with van der Waals surface area (Å²) in [5.74, 6) is 0.676. The molecular weight excluding hydrogens is 398 g/mol. The number of unbranched alkanes of at least 4 members (excludes halogenated alkanes) is 2. The number of nitrogens with one attached hydrogen (secondary N) is 2. The second-order valence-electron chi connectivity index (χ2n) is 8.20. The van der Waals surface area contributed by atoms with E-state index in [2.05, 4.69) is 35.1 Å². The number of nitrogens with zero attached hydrogens (tertiary/aromatic N) is 1. The largest absolute Gasteiger partial charge is 0.392 e. The van der Waals surface area contributed by atoms with Gasteiger partial charge in [0.25, 0.3) is 5.91 Å². The van der Waals surface area contributed by atoms with Gasteiger partial charge in [0.05, 0.1) is 23.7 Å². The number of fused-ring (bicyclic) bond motifs is 3. The van der Waals surface area contributed by atoms with E-state index in [1.54, 1.807) is 0 Å². The number of hydrogen-bond acceptors (Lipinski definition) is 3. The van der Waals surface area contributed by atoms with Crippen LogP contribution in [0.25, 0.3) is 21.8 Å². The Morgan fingerprint density at radius 2 is 1.78 bits per heavy atom. The van der Waals surface area contributed by atoms with E-state index in [0.29, 0.717) is 5.56 Å². The molecule has 0 bridgehead atoms. The zero-order chi connectivity index (χ0) is 22.3. The molecule has 4 rings (SSSR count). The molecule has 0 aliphatic rings. The number of rotatable bonds is 10. The summed E-state index contributed by atoms with van der Waals surface area (Å²) >= 11 is 0. The van der Waals surface area contributed by atoms with Gasteiger partial charge < -0.3 is 15.4 Å². The summed E-state index contributed by atoms with van der Waals surface area (Å²) in [6, 6.07) is 21.4. The second kappa shape index (κ2) is 10.2. The van der Waals surface area contributed by atoms with E-state index in [-0.39, 0.29) is 18.6 Å². The predicted molar refractivity (Wildman–Crippen MR) is 130 cm³/mol. The van der Waals surface area contributed by atoms with E-state index >= 15 is 0 Å². The number of carbonyl (C=O) groups is 1. The lowest BCUT2D eigenvalue weighted by Gasteiger charge is -2.17. The molecule has 5 heteroatoms. The molecule has 1 heterocycles. The molecule has 0 unspecified atom stereocenters. The van der Waals surface area contributed by atoms with Crippen LogP contribution in [0.15, 0.2) is 78.9 Å². The average Bonchev–Trinajstić information content (AvgIpc) is 3.28. The first kappa shape index (κ1) is 21.8. The van der Waals surface area contributed by atoms with E-state index in [1.807, 2.05) is 48.5 Å². The van der Waals surface area contributed by atoms with Crippen molar-refractivity contribution in [3.8, 4) is 0 Å². The Morgan fingerprint density at radius 3 is 2.59 bits per heavy atom. The van der Waals surface area contributed by atoms with Gasteiger partial charge in [0.15, 0.2) is 0 Å². The Balaban J connectivity index is 1.55. The second-order valence-corrected chi connectivity index (χ2v) is 8.20. The molecule has 164 valence electrons. The minimum Gasteiger partial charge on any atom is -0.392 e. The van der Waals surface area contributed by atoms with Crippen LogP contribution in [0, 0.1) is 0 Å². The van der Waals surface area contributed by atoms with Crippen LogP contribution in [0.3, 0.4) is 0 Å². The first-order chi connectivity index (χ1) is 15.7. The van der Waals surface area contributed by atoms with Crippen LogP contribution in [0.1, 0.15) is 54.3 Å². The van der Waals surface area contributed by atoms with Gasteiger partial charge in [0, 0.05) is 10.9 Å². The number of aromatic amines is 1. The van der Waals surface area contributed by atoms with Gasteiger partial charge in [-0.05, 0) is 42.8 Å². The standard InChI is InChI=1S/C27H29N3O2/c1-19(18-31)10-4-2-7-15-24(29-27(32)21-12-5-3-6-13-21)26-28-23-17-16-20-11-8-9-14-22(20)25(23)30-26/h3,5-6,8-9,11-14,16-17,24,31H,1-2,4,7,10,15,18H2,(H,28,30)(H,29,32)/t24-/m0/s1. The highest BCUT2D eigenvalue weighted by Crippen LogP contribution is 2.27. The Morgan fingerprint density at radius 1 is 1.00 bits per heavy atom. The fourth-order valence-corrected chi connectivity index (χ4v) is 4.02. The van der Waals surface area contributed by atoms with Crippen molar-refractivity contribution < 1.29 is 9.90 Å². The number of aliphatic hydroxyl groups excluding tert-OH is 1. The third-order valence-electron chi connectivity index (χ3n) is 5.81. The third kappa shape index (κ3) is 5.06. The molecule has 4 aromatic rings. The van der Waals surface area contributed by atoms with Gasteiger partial charge in [-0.15, -0.1) is 0 Å². The Labute approximate surface area is 188 Å². The number of carbonyl (C=O) groups excluding carboxylic acids is 1. The first-order valence-corrected chi connectivity index (χ1v) is 11.2. The van der Waals surface area contributed by atoms with Crippen LogP contribution in [0.2, 0.25) is 0 Å². The number of imidazole rings is 1. The van der Waals surface area contributed by atoms with E-state index in [1.165, 1.54) is 0 Å². The quantitative estimate of drug-likeness (QED) is 0.225. The molecule has 1 aromatic heterocycles. The normalized spacial score (nSPS) is 12.2. The van der Waals surface area contributed by atoms with E-state index in [0.717, 1.165) is 65.3 Å².